The number of hydrogen-bond acceptors (Lipinski definition) is 4. The summed E-state index contributed by atoms with van der Waals surface area (Å²) in [5.41, 5.74) is 2.07. The molecule has 1 unspecified atom stereocenters. The number of fused-ring (bicyclic) bond motifs is 1. The van der Waals surface area contributed by atoms with Crippen LogP contribution in [0.25, 0.3) is 11.0 Å². The van der Waals surface area contributed by atoms with E-state index in [0.29, 0.717) is 13.2 Å². The SMILES string of the molecule is CCNC(=NCc1oc2ccccc2c1C)NCC(CCN(C)C)OCC.I. The molecule has 158 valence electrons. The van der Waals surface area contributed by atoms with Crippen LogP contribution in [0.3, 0.4) is 0 Å². The number of nitrogens with one attached hydrogen (secondary N) is 2. The Hall–Kier alpha value is -1.32. The molecule has 2 aromatic rings. The fraction of sp³-hybridized carbons (Fsp3) is 0.571. The van der Waals surface area contributed by atoms with E-state index in [4.69, 9.17) is 14.1 Å². The fourth-order valence-corrected chi connectivity index (χ4v) is 2.96. The summed E-state index contributed by atoms with van der Waals surface area (Å²) in [6, 6.07) is 8.11. The lowest BCUT2D eigenvalue weighted by atomic mass is 10.1. The van der Waals surface area contributed by atoms with Crippen LogP contribution in [0.5, 0.6) is 0 Å². The molecule has 2 rings (SSSR count). The van der Waals surface area contributed by atoms with Crippen molar-refractivity contribution in [2.75, 3.05) is 40.3 Å². The highest BCUT2D eigenvalue weighted by Gasteiger charge is 2.12. The average Bonchev–Trinajstić information content (AvgIpc) is 2.97. The number of aliphatic imine (C=N–C) groups is 1. The Labute approximate surface area is 186 Å². The third kappa shape index (κ3) is 7.60. The summed E-state index contributed by atoms with van der Waals surface area (Å²) >= 11 is 0. The maximum Gasteiger partial charge on any atom is 0.191 e. The number of rotatable bonds is 10. The summed E-state index contributed by atoms with van der Waals surface area (Å²) in [7, 11) is 4.16. The van der Waals surface area contributed by atoms with Crippen molar-refractivity contribution in [3.8, 4) is 0 Å². The van der Waals surface area contributed by atoms with E-state index >= 15 is 0 Å². The molecule has 0 spiro atoms. The molecule has 0 aliphatic heterocycles. The minimum Gasteiger partial charge on any atom is -0.459 e. The van der Waals surface area contributed by atoms with Crippen LogP contribution in [0.15, 0.2) is 33.7 Å². The van der Waals surface area contributed by atoms with E-state index in [2.05, 4.69) is 49.5 Å². The van der Waals surface area contributed by atoms with Crippen molar-refractivity contribution >= 4 is 40.9 Å². The number of nitrogens with zero attached hydrogens (tertiary/aromatic N) is 2. The number of furan rings is 1. The molecule has 0 bridgehead atoms. The highest BCUT2D eigenvalue weighted by Crippen LogP contribution is 2.25. The van der Waals surface area contributed by atoms with Gasteiger partial charge in [0.1, 0.15) is 17.9 Å². The van der Waals surface area contributed by atoms with E-state index < -0.39 is 0 Å². The van der Waals surface area contributed by atoms with Crippen molar-refractivity contribution in [3.05, 3.63) is 35.6 Å². The average molecular weight is 502 g/mol. The van der Waals surface area contributed by atoms with Gasteiger partial charge in [-0.1, -0.05) is 18.2 Å². The van der Waals surface area contributed by atoms with E-state index in [1.165, 1.54) is 0 Å². The third-order valence-electron chi connectivity index (χ3n) is 4.47. The normalized spacial score (nSPS) is 12.9. The molecule has 1 aromatic heterocycles. The fourth-order valence-electron chi connectivity index (χ4n) is 2.96. The smallest absolute Gasteiger partial charge is 0.191 e. The van der Waals surface area contributed by atoms with Crippen LogP contribution in [0, 0.1) is 6.92 Å². The van der Waals surface area contributed by atoms with Gasteiger partial charge in [0.25, 0.3) is 0 Å². The minimum absolute atomic E-state index is 0. The zero-order valence-corrected chi connectivity index (χ0v) is 20.1. The molecule has 0 saturated heterocycles. The molecule has 2 N–H and O–H groups in total. The topological polar surface area (TPSA) is 62.0 Å². The molecule has 0 aliphatic rings. The number of halogens is 1. The summed E-state index contributed by atoms with van der Waals surface area (Å²) in [5.74, 6) is 1.69. The number of ether oxygens (including phenoxy) is 1. The first kappa shape index (κ1) is 24.7. The lowest BCUT2D eigenvalue weighted by Crippen LogP contribution is -2.42. The summed E-state index contributed by atoms with van der Waals surface area (Å²) < 4.78 is 11.8. The van der Waals surface area contributed by atoms with Gasteiger partial charge < -0.3 is 24.7 Å². The second-order valence-electron chi connectivity index (χ2n) is 6.89. The van der Waals surface area contributed by atoms with E-state index in [-0.39, 0.29) is 30.1 Å². The molecular formula is C21H35IN4O2. The highest BCUT2D eigenvalue weighted by atomic mass is 127. The molecule has 1 heterocycles. The number of hydrogen-bond donors (Lipinski definition) is 2. The standard InChI is InChI=1S/C21H34N4O2.HI/c1-6-22-21(23-14-17(26-7-2)12-13-25(4)5)24-15-20-16(3)18-10-8-9-11-19(18)27-20;/h8-11,17H,6-7,12-15H2,1-5H3,(H2,22,23,24);1H. The van der Waals surface area contributed by atoms with Crippen molar-refractivity contribution in [2.24, 2.45) is 4.99 Å². The summed E-state index contributed by atoms with van der Waals surface area (Å²) in [4.78, 5) is 6.88. The number of para-hydroxylation sites is 1. The van der Waals surface area contributed by atoms with Crippen LogP contribution in [-0.2, 0) is 11.3 Å². The summed E-state index contributed by atoms with van der Waals surface area (Å²) in [6.45, 7) is 9.94. The van der Waals surface area contributed by atoms with Crippen molar-refractivity contribution in [2.45, 2.75) is 39.8 Å². The molecule has 0 fully saturated rings. The molecule has 6 nitrogen and oxygen atoms in total. The van der Waals surface area contributed by atoms with Crippen LogP contribution < -0.4 is 10.6 Å². The van der Waals surface area contributed by atoms with Crippen LogP contribution in [0.1, 0.15) is 31.6 Å². The van der Waals surface area contributed by atoms with Gasteiger partial charge >= 0.3 is 0 Å². The lowest BCUT2D eigenvalue weighted by molar-refractivity contribution is 0.0548. The van der Waals surface area contributed by atoms with Crippen LogP contribution >= 0.6 is 24.0 Å². The van der Waals surface area contributed by atoms with Gasteiger partial charge in [0.2, 0.25) is 0 Å². The van der Waals surface area contributed by atoms with E-state index in [0.717, 1.165) is 54.3 Å². The van der Waals surface area contributed by atoms with E-state index in [9.17, 15) is 0 Å². The first-order chi connectivity index (χ1) is 13.0. The van der Waals surface area contributed by atoms with Gasteiger partial charge in [0.15, 0.2) is 5.96 Å². The van der Waals surface area contributed by atoms with Crippen molar-refractivity contribution in [3.63, 3.8) is 0 Å². The maximum absolute atomic E-state index is 5.96. The predicted molar refractivity (Wildman–Crippen MR) is 128 cm³/mol. The van der Waals surface area contributed by atoms with Gasteiger partial charge in [-0.2, -0.15) is 0 Å². The zero-order valence-electron chi connectivity index (χ0n) is 17.7. The first-order valence-corrected chi connectivity index (χ1v) is 9.80. The lowest BCUT2D eigenvalue weighted by Gasteiger charge is -2.21. The Morgan fingerprint density at radius 2 is 1.96 bits per heavy atom. The van der Waals surface area contributed by atoms with E-state index in [1.807, 2.05) is 25.1 Å². The number of benzene rings is 1. The van der Waals surface area contributed by atoms with Crippen LogP contribution in [-0.4, -0.2) is 57.3 Å². The molecule has 1 aromatic carbocycles. The maximum atomic E-state index is 5.96. The van der Waals surface area contributed by atoms with Gasteiger partial charge in [-0.3, -0.25) is 0 Å². The van der Waals surface area contributed by atoms with Gasteiger partial charge in [-0.05, 0) is 47.4 Å². The van der Waals surface area contributed by atoms with Crippen molar-refractivity contribution < 1.29 is 9.15 Å². The Morgan fingerprint density at radius 1 is 1.21 bits per heavy atom. The molecule has 7 heteroatoms. The summed E-state index contributed by atoms with van der Waals surface area (Å²) in [6.07, 6.45) is 1.14. The van der Waals surface area contributed by atoms with Crippen molar-refractivity contribution in [1.29, 1.82) is 0 Å². The Bertz CT molecular complexity index is 730. The largest absolute Gasteiger partial charge is 0.459 e. The van der Waals surface area contributed by atoms with Crippen LogP contribution in [0.4, 0.5) is 0 Å². The van der Waals surface area contributed by atoms with Crippen LogP contribution in [0.2, 0.25) is 0 Å². The van der Waals surface area contributed by atoms with Gasteiger partial charge in [0, 0.05) is 37.2 Å². The summed E-state index contributed by atoms with van der Waals surface area (Å²) in [5, 5.41) is 7.86. The molecular weight excluding hydrogens is 467 g/mol. The zero-order chi connectivity index (χ0) is 19.6. The molecule has 0 radical (unpaired) electrons. The first-order valence-electron chi connectivity index (χ1n) is 9.80. The molecule has 0 aliphatic carbocycles. The number of aryl methyl sites for hydroxylation is 1. The Kier molecular flexibility index (Phi) is 11.5. The molecule has 0 amide bonds. The van der Waals surface area contributed by atoms with Gasteiger partial charge in [-0.15, -0.1) is 24.0 Å². The van der Waals surface area contributed by atoms with Gasteiger partial charge in [-0.25, -0.2) is 4.99 Å². The van der Waals surface area contributed by atoms with Crippen molar-refractivity contribution in [1.82, 2.24) is 15.5 Å². The molecule has 28 heavy (non-hydrogen) atoms. The second-order valence-corrected chi connectivity index (χ2v) is 6.89. The Morgan fingerprint density at radius 3 is 2.61 bits per heavy atom. The Balaban J connectivity index is 0.00000392. The highest BCUT2D eigenvalue weighted by molar-refractivity contribution is 14.0. The number of guanidine groups is 1. The van der Waals surface area contributed by atoms with Gasteiger partial charge in [0.05, 0.1) is 6.10 Å². The third-order valence-corrected chi connectivity index (χ3v) is 4.47. The minimum atomic E-state index is 0. The molecule has 1 atom stereocenters. The second kappa shape index (κ2) is 13.0. The quantitative estimate of drug-likeness (QED) is 0.294. The monoisotopic (exact) mass is 502 g/mol. The van der Waals surface area contributed by atoms with E-state index in [1.54, 1.807) is 0 Å². The predicted octanol–water partition coefficient (Wildman–Crippen LogP) is 3.77. The molecule has 0 saturated carbocycles.